The summed E-state index contributed by atoms with van der Waals surface area (Å²) in [6.07, 6.45) is 4.02. The fourth-order valence-electron chi connectivity index (χ4n) is 1.63. The molecule has 0 aliphatic heterocycles. The summed E-state index contributed by atoms with van der Waals surface area (Å²) in [7, 11) is 0. The first-order valence-corrected chi connectivity index (χ1v) is 5.16. The predicted molar refractivity (Wildman–Crippen MR) is 61.3 cm³/mol. The molecule has 2 heterocycles. The predicted octanol–water partition coefficient (Wildman–Crippen LogP) is 2.46. The van der Waals surface area contributed by atoms with Crippen LogP contribution in [0, 0.1) is 19.7 Å². The number of carbonyl (C=O) groups is 1. The minimum Gasteiger partial charge on any atom is -0.287 e. The van der Waals surface area contributed by atoms with Crippen LogP contribution in [0.4, 0.5) is 4.39 Å². The molecule has 86 valence electrons. The summed E-state index contributed by atoms with van der Waals surface area (Å²) < 4.78 is 13.0. The van der Waals surface area contributed by atoms with Crippen LogP contribution in [0.15, 0.2) is 30.7 Å². The molecule has 0 radical (unpaired) electrons. The summed E-state index contributed by atoms with van der Waals surface area (Å²) >= 11 is 0. The van der Waals surface area contributed by atoms with Gasteiger partial charge in [-0.2, -0.15) is 0 Å². The van der Waals surface area contributed by atoms with Gasteiger partial charge in [-0.1, -0.05) is 6.07 Å². The van der Waals surface area contributed by atoms with Crippen molar-refractivity contribution in [3.63, 3.8) is 0 Å². The van der Waals surface area contributed by atoms with Gasteiger partial charge in [0, 0.05) is 18.0 Å². The Morgan fingerprint density at radius 1 is 1.18 bits per heavy atom. The maximum atomic E-state index is 13.0. The normalized spacial score (nSPS) is 10.3. The van der Waals surface area contributed by atoms with Gasteiger partial charge in [0.25, 0.3) is 0 Å². The first-order valence-electron chi connectivity index (χ1n) is 5.16. The first kappa shape index (κ1) is 11.4. The van der Waals surface area contributed by atoms with Crippen LogP contribution in [0.1, 0.15) is 27.2 Å². The zero-order chi connectivity index (χ0) is 12.4. The lowest BCUT2D eigenvalue weighted by Crippen LogP contribution is -2.07. The highest BCUT2D eigenvalue weighted by atomic mass is 19.1. The standard InChI is InChI=1S/C13H11FN2O/c1-8-3-9(2)12(16-5-8)13(17)10-4-11(14)7-15-6-10/h3-7H,1-2H3. The summed E-state index contributed by atoms with van der Waals surface area (Å²) in [4.78, 5) is 19.8. The topological polar surface area (TPSA) is 42.9 Å². The van der Waals surface area contributed by atoms with Gasteiger partial charge in [0.1, 0.15) is 11.5 Å². The average molecular weight is 230 g/mol. The lowest BCUT2D eigenvalue weighted by Gasteiger charge is -2.04. The summed E-state index contributed by atoms with van der Waals surface area (Å²) in [5.74, 6) is -0.838. The Morgan fingerprint density at radius 3 is 2.59 bits per heavy atom. The molecule has 0 unspecified atom stereocenters. The van der Waals surface area contributed by atoms with Gasteiger partial charge in [-0.3, -0.25) is 14.8 Å². The molecule has 0 aliphatic rings. The molecule has 0 fully saturated rings. The number of pyridine rings is 2. The van der Waals surface area contributed by atoms with Gasteiger partial charge < -0.3 is 0 Å². The van der Waals surface area contributed by atoms with E-state index in [1.165, 1.54) is 6.20 Å². The van der Waals surface area contributed by atoms with E-state index in [0.717, 1.165) is 23.4 Å². The summed E-state index contributed by atoms with van der Waals surface area (Å²) in [6, 6.07) is 3.03. The average Bonchev–Trinajstić information content (AvgIpc) is 2.28. The molecule has 0 bridgehead atoms. The highest BCUT2D eigenvalue weighted by Gasteiger charge is 2.14. The molecule has 0 saturated carbocycles. The Balaban J connectivity index is 2.44. The van der Waals surface area contributed by atoms with Crippen LogP contribution in [0.25, 0.3) is 0 Å². The maximum absolute atomic E-state index is 13.0. The van der Waals surface area contributed by atoms with Crippen LogP contribution in [0.3, 0.4) is 0 Å². The number of nitrogens with zero attached hydrogens (tertiary/aromatic N) is 2. The summed E-state index contributed by atoms with van der Waals surface area (Å²) in [5, 5.41) is 0. The number of carbonyl (C=O) groups excluding carboxylic acids is 1. The molecule has 2 aromatic rings. The van der Waals surface area contributed by atoms with Crippen molar-refractivity contribution in [2.75, 3.05) is 0 Å². The SMILES string of the molecule is Cc1cnc(C(=O)c2cncc(F)c2)c(C)c1. The van der Waals surface area contributed by atoms with Crippen LogP contribution in [0.5, 0.6) is 0 Å². The number of ketones is 1. The highest BCUT2D eigenvalue weighted by Crippen LogP contribution is 2.13. The van der Waals surface area contributed by atoms with Gasteiger partial charge in [0.15, 0.2) is 0 Å². The van der Waals surface area contributed by atoms with Gasteiger partial charge in [-0.25, -0.2) is 4.39 Å². The molecule has 2 aromatic heterocycles. The van der Waals surface area contributed by atoms with Gasteiger partial charge in [0.2, 0.25) is 5.78 Å². The molecule has 2 rings (SSSR count). The van der Waals surface area contributed by atoms with Gasteiger partial charge in [0.05, 0.1) is 6.20 Å². The van der Waals surface area contributed by atoms with E-state index in [1.807, 2.05) is 13.0 Å². The number of aromatic nitrogens is 2. The molecule has 17 heavy (non-hydrogen) atoms. The number of hydrogen-bond donors (Lipinski definition) is 0. The van der Waals surface area contributed by atoms with E-state index < -0.39 is 5.82 Å². The van der Waals surface area contributed by atoms with E-state index >= 15 is 0 Å². The van der Waals surface area contributed by atoms with Crippen molar-refractivity contribution < 1.29 is 9.18 Å². The van der Waals surface area contributed by atoms with Crippen molar-refractivity contribution in [1.29, 1.82) is 0 Å². The third-order valence-corrected chi connectivity index (χ3v) is 2.40. The number of rotatable bonds is 2. The van der Waals surface area contributed by atoms with Crippen LogP contribution in [0.2, 0.25) is 0 Å². The summed E-state index contributed by atoms with van der Waals surface area (Å²) in [5.41, 5.74) is 2.31. The van der Waals surface area contributed by atoms with E-state index in [0.29, 0.717) is 5.69 Å². The Labute approximate surface area is 98.3 Å². The second-order valence-electron chi connectivity index (χ2n) is 3.90. The largest absolute Gasteiger partial charge is 0.287 e. The van der Waals surface area contributed by atoms with E-state index in [9.17, 15) is 9.18 Å². The molecule has 0 saturated heterocycles. The second kappa shape index (κ2) is 4.41. The third kappa shape index (κ3) is 2.36. The minimum absolute atomic E-state index is 0.212. The third-order valence-electron chi connectivity index (χ3n) is 2.40. The molecule has 0 aliphatic carbocycles. The minimum atomic E-state index is -0.527. The van der Waals surface area contributed by atoms with Crippen LogP contribution in [-0.4, -0.2) is 15.8 Å². The monoisotopic (exact) mass is 230 g/mol. The first-order chi connectivity index (χ1) is 8.08. The van der Waals surface area contributed by atoms with E-state index in [4.69, 9.17) is 0 Å². The van der Waals surface area contributed by atoms with Crippen molar-refractivity contribution in [2.45, 2.75) is 13.8 Å². The molecular formula is C13H11FN2O. The van der Waals surface area contributed by atoms with Crippen LogP contribution >= 0.6 is 0 Å². The zero-order valence-corrected chi connectivity index (χ0v) is 9.57. The van der Waals surface area contributed by atoms with Crippen molar-refractivity contribution in [3.05, 3.63) is 58.9 Å². The molecular weight excluding hydrogens is 219 g/mol. The quantitative estimate of drug-likeness (QED) is 0.744. The zero-order valence-electron chi connectivity index (χ0n) is 9.57. The van der Waals surface area contributed by atoms with E-state index in [1.54, 1.807) is 13.1 Å². The van der Waals surface area contributed by atoms with Crippen LogP contribution < -0.4 is 0 Å². The fraction of sp³-hybridized carbons (Fsp3) is 0.154. The Hall–Kier alpha value is -2.10. The Kier molecular flexibility index (Phi) is 2.95. The number of aryl methyl sites for hydroxylation is 2. The molecule has 0 atom stereocenters. The van der Waals surface area contributed by atoms with Gasteiger partial charge >= 0.3 is 0 Å². The molecule has 0 N–H and O–H groups in total. The number of halogens is 1. The molecule has 0 amide bonds. The van der Waals surface area contributed by atoms with Crippen LogP contribution in [-0.2, 0) is 0 Å². The smallest absolute Gasteiger partial charge is 0.213 e. The molecule has 0 aromatic carbocycles. The Morgan fingerprint density at radius 2 is 1.94 bits per heavy atom. The van der Waals surface area contributed by atoms with Gasteiger partial charge in [-0.05, 0) is 31.0 Å². The number of hydrogen-bond acceptors (Lipinski definition) is 3. The Bertz CT molecular complexity index is 581. The van der Waals surface area contributed by atoms with Crippen molar-refractivity contribution >= 4 is 5.78 Å². The lowest BCUT2D eigenvalue weighted by atomic mass is 10.1. The molecule has 3 nitrogen and oxygen atoms in total. The maximum Gasteiger partial charge on any atom is 0.213 e. The van der Waals surface area contributed by atoms with Crippen molar-refractivity contribution in [2.24, 2.45) is 0 Å². The second-order valence-corrected chi connectivity index (χ2v) is 3.90. The lowest BCUT2D eigenvalue weighted by molar-refractivity contribution is 0.103. The highest BCUT2D eigenvalue weighted by molar-refractivity contribution is 6.08. The van der Waals surface area contributed by atoms with Crippen molar-refractivity contribution in [3.8, 4) is 0 Å². The molecule has 4 heteroatoms. The van der Waals surface area contributed by atoms with Crippen molar-refractivity contribution in [1.82, 2.24) is 9.97 Å². The molecule has 0 spiro atoms. The van der Waals surface area contributed by atoms with E-state index in [2.05, 4.69) is 9.97 Å². The fourth-order valence-corrected chi connectivity index (χ4v) is 1.63. The van der Waals surface area contributed by atoms with E-state index in [-0.39, 0.29) is 11.3 Å². The van der Waals surface area contributed by atoms with Gasteiger partial charge in [-0.15, -0.1) is 0 Å². The summed E-state index contributed by atoms with van der Waals surface area (Å²) in [6.45, 7) is 3.71.